The topological polar surface area (TPSA) is 37.8 Å². The second-order valence-electron chi connectivity index (χ2n) is 4.47. The largest absolute Gasteiger partial charge is 0.317 e. The highest BCUT2D eigenvalue weighted by Gasteiger charge is 2.20. The summed E-state index contributed by atoms with van der Waals surface area (Å²) in [5.74, 6) is 0.808. The molecule has 1 fully saturated rings. The van der Waals surface area contributed by atoms with Gasteiger partial charge in [-0.25, -0.2) is 9.97 Å². The van der Waals surface area contributed by atoms with Crippen LogP contribution in [0.15, 0.2) is 18.7 Å². The highest BCUT2D eigenvalue weighted by Crippen LogP contribution is 2.26. The number of aromatic nitrogens is 2. The van der Waals surface area contributed by atoms with Gasteiger partial charge in [0.1, 0.15) is 6.33 Å². The lowest BCUT2D eigenvalue weighted by atomic mass is 9.82. The highest BCUT2D eigenvalue weighted by molar-refractivity contribution is 5.04. The molecule has 1 aromatic heterocycles. The quantitative estimate of drug-likeness (QED) is 0.817. The van der Waals surface area contributed by atoms with Gasteiger partial charge in [0.15, 0.2) is 0 Å². The normalized spacial score (nSPS) is 26.5. The third-order valence-electron chi connectivity index (χ3n) is 3.33. The molecule has 1 saturated carbocycles. The van der Waals surface area contributed by atoms with Crippen LogP contribution in [0.1, 0.15) is 31.2 Å². The van der Waals surface area contributed by atoms with Crippen LogP contribution in [0.25, 0.3) is 0 Å². The molecule has 0 bridgehead atoms. The van der Waals surface area contributed by atoms with Gasteiger partial charge in [0.05, 0.1) is 0 Å². The maximum atomic E-state index is 4.06. The molecule has 1 aliphatic rings. The standard InChI is InChI=1S/C12H19N3/c1-13-12-4-2-3-10(6-12)5-11-7-14-9-15-8-11/h7-10,12-13H,2-6H2,1H3. The van der Waals surface area contributed by atoms with Crippen LogP contribution in [-0.4, -0.2) is 23.1 Å². The highest BCUT2D eigenvalue weighted by atomic mass is 14.9. The van der Waals surface area contributed by atoms with E-state index in [1.165, 1.54) is 31.2 Å². The van der Waals surface area contributed by atoms with Crippen LogP contribution < -0.4 is 5.32 Å². The minimum Gasteiger partial charge on any atom is -0.317 e. The molecule has 1 aromatic rings. The zero-order chi connectivity index (χ0) is 10.5. The second kappa shape index (κ2) is 5.21. The lowest BCUT2D eigenvalue weighted by Gasteiger charge is -2.28. The van der Waals surface area contributed by atoms with Crippen LogP contribution in [0.4, 0.5) is 0 Å². The Kier molecular flexibility index (Phi) is 3.67. The fourth-order valence-corrected chi connectivity index (χ4v) is 2.51. The zero-order valence-electron chi connectivity index (χ0n) is 9.32. The van der Waals surface area contributed by atoms with Crippen molar-refractivity contribution in [2.24, 2.45) is 5.92 Å². The molecule has 0 saturated heterocycles. The van der Waals surface area contributed by atoms with Crippen molar-refractivity contribution < 1.29 is 0 Å². The molecule has 3 nitrogen and oxygen atoms in total. The molecule has 1 heterocycles. The SMILES string of the molecule is CNC1CCCC(Cc2cncnc2)C1. The molecule has 0 spiro atoms. The smallest absolute Gasteiger partial charge is 0.115 e. The first-order chi connectivity index (χ1) is 7.38. The summed E-state index contributed by atoms with van der Waals surface area (Å²) in [5, 5.41) is 3.39. The van der Waals surface area contributed by atoms with Crippen LogP contribution in [0.2, 0.25) is 0 Å². The summed E-state index contributed by atoms with van der Waals surface area (Å²) in [6, 6.07) is 0.716. The summed E-state index contributed by atoms with van der Waals surface area (Å²) >= 11 is 0. The maximum absolute atomic E-state index is 4.06. The molecule has 82 valence electrons. The predicted molar refractivity (Wildman–Crippen MR) is 60.5 cm³/mol. The van der Waals surface area contributed by atoms with Crippen LogP contribution in [0.3, 0.4) is 0 Å². The van der Waals surface area contributed by atoms with E-state index >= 15 is 0 Å². The van der Waals surface area contributed by atoms with Gasteiger partial charge >= 0.3 is 0 Å². The molecule has 0 amide bonds. The second-order valence-corrected chi connectivity index (χ2v) is 4.47. The number of hydrogen-bond acceptors (Lipinski definition) is 3. The fraction of sp³-hybridized carbons (Fsp3) is 0.667. The van der Waals surface area contributed by atoms with Crippen molar-refractivity contribution in [1.82, 2.24) is 15.3 Å². The number of hydrogen-bond donors (Lipinski definition) is 1. The first kappa shape index (κ1) is 10.6. The van der Waals surface area contributed by atoms with Gasteiger partial charge in [0, 0.05) is 18.4 Å². The van der Waals surface area contributed by atoms with Gasteiger partial charge in [-0.1, -0.05) is 12.8 Å². The molecular weight excluding hydrogens is 186 g/mol. The molecule has 0 aliphatic heterocycles. The van der Waals surface area contributed by atoms with Crippen LogP contribution >= 0.6 is 0 Å². The summed E-state index contributed by atoms with van der Waals surface area (Å²) < 4.78 is 0. The van der Waals surface area contributed by atoms with Crippen LogP contribution in [0.5, 0.6) is 0 Å². The van der Waals surface area contributed by atoms with Crippen molar-refractivity contribution in [3.8, 4) is 0 Å². The van der Waals surface area contributed by atoms with E-state index in [9.17, 15) is 0 Å². The number of rotatable bonds is 3. The molecule has 2 rings (SSSR count). The Balaban J connectivity index is 1.89. The Morgan fingerprint density at radius 1 is 1.33 bits per heavy atom. The zero-order valence-corrected chi connectivity index (χ0v) is 9.32. The molecule has 1 N–H and O–H groups in total. The Bertz CT molecular complexity index is 286. The van der Waals surface area contributed by atoms with E-state index in [0.29, 0.717) is 6.04 Å². The molecule has 15 heavy (non-hydrogen) atoms. The summed E-state index contributed by atoms with van der Waals surface area (Å²) in [6.07, 6.45) is 12.0. The van der Waals surface area contributed by atoms with Gasteiger partial charge in [0.25, 0.3) is 0 Å². The average Bonchev–Trinajstić information content (AvgIpc) is 2.31. The lowest BCUT2D eigenvalue weighted by Crippen LogP contribution is -2.31. The monoisotopic (exact) mass is 205 g/mol. The molecule has 2 atom stereocenters. The van der Waals surface area contributed by atoms with Gasteiger partial charge in [0.2, 0.25) is 0 Å². The summed E-state index contributed by atoms with van der Waals surface area (Å²) in [4.78, 5) is 8.13. The van der Waals surface area contributed by atoms with Crippen molar-refractivity contribution in [2.45, 2.75) is 38.1 Å². The predicted octanol–water partition coefficient (Wildman–Crippen LogP) is 1.80. The minimum absolute atomic E-state index is 0.716. The third-order valence-corrected chi connectivity index (χ3v) is 3.33. The Labute approximate surface area is 91.3 Å². The fourth-order valence-electron chi connectivity index (χ4n) is 2.51. The summed E-state index contributed by atoms with van der Waals surface area (Å²) in [6.45, 7) is 0. The first-order valence-electron chi connectivity index (χ1n) is 5.79. The van der Waals surface area contributed by atoms with Gasteiger partial charge in [-0.2, -0.15) is 0 Å². The molecule has 3 heteroatoms. The lowest BCUT2D eigenvalue weighted by molar-refractivity contribution is 0.294. The van der Waals surface area contributed by atoms with E-state index in [0.717, 1.165) is 12.3 Å². The first-order valence-corrected chi connectivity index (χ1v) is 5.79. The van der Waals surface area contributed by atoms with Crippen LogP contribution in [0, 0.1) is 5.92 Å². The van der Waals surface area contributed by atoms with E-state index in [1.807, 2.05) is 12.4 Å². The van der Waals surface area contributed by atoms with Crippen molar-refractivity contribution in [2.75, 3.05) is 7.05 Å². The summed E-state index contributed by atoms with van der Waals surface area (Å²) in [5.41, 5.74) is 1.28. The number of nitrogens with one attached hydrogen (secondary N) is 1. The van der Waals surface area contributed by atoms with Gasteiger partial charge in [-0.05, 0) is 37.8 Å². The molecule has 0 aromatic carbocycles. The average molecular weight is 205 g/mol. The van der Waals surface area contributed by atoms with E-state index in [2.05, 4.69) is 22.3 Å². The molecular formula is C12H19N3. The molecule has 2 unspecified atom stereocenters. The Morgan fingerprint density at radius 3 is 2.87 bits per heavy atom. The molecule has 1 aliphatic carbocycles. The van der Waals surface area contributed by atoms with Crippen molar-refractivity contribution in [3.63, 3.8) is 0 Å². The maximum Gasteiger partial charge on any atom is 0.115 e. The number of nitrogens with zero attached hydrogens (tertiary/aromatic N) is 2. The minimum atomic E-state index is 0.716. The Morgan fingerprint density at radius 2 is 2.13 bits per heavy atom. The van der Waals surface area contributed by atoms with Crippen LogP contribution in [-0.2, 0) is 6.42 Å². The van der Waals surface area contributed by atoms with E-state index < -0.39 is 0 Å². The third kappa shape index (κ3) is 2.99. The van der Waals surface area contributed by atoms with E-state index in [1.54, 1.807) is 6.33 Å². The van der Waals surface area contributed by atoms with Crippen molar-refractivity contribution >= 4 is 0 Å². The Hall–Kier alpha value is -0.960. The van der Waals surface area contributed by atoms with Gasteiger partial charge < -0.3 is 5.32 Å². The van der Waals surface area contributed by atoms with E-state index in [-0.39, 0.29) is 0 Å². The van der Waals surface area contributed by atoms with Crippen molar-refractivity contribution in [1.29, 1.82) is 0 Å². The van der Waals surface area contributed by atoms with Gasteiger partial charge in [-0.3, -0.25) is 0 Å². The molecule has 0 radical (unpaired) electrons. The van der Waals surface area contributed by atoms with Gasteiger partial charge in [-0.15, -0.1) is 0 Å². The summed E-state index contributed by atoms with van der Waals surface area (Å²) in [7, 11) is 2.07. The van der Waals surface area contributed by atoms with Crippen molar-refractivity contribution in [3.05, 3.63) is 24.3 Å². The van der Waals surface area contributed by atoms with E-state index in [4.69, 9.17) is 0 Å².